The van der Waals surface area contributed by atoms with Crippen molar-refractivity contribution in [2.75, 3.05) is 6.26 Å². The van der Waals surface area contributed by atoms with Crippen molar-refractivity contribution in [2.45, 2.75) is 23.1 Å². The van der Waals surface area contributed by atoms with Crippen molar-refractivity contribution in [2.24, 2.45) is 0 Å². The Labute approximate surface area is 113 Å². The summed E-state index contributed by atoms with van der Waals surface area (Å²) in [5, 5.41) is 8.81. The van der Waals surface area contributed by atoms with Gasteiger partial charge in [-0.15, -0.1) is 11.8 Å². The number of hydrogen-bond acceptors (Lipinski definition) is 3. The van der Waals surface area contributed by atoms with Crippen LogP contribution in [0.15, 0.2) is 23.1 Å². The van der Waals surface area contributed by atoms with Crippen LogP contribution in [0, 0.1) is 0 Å². The number of ketones is 1. The van der Waals surface area contributed by atoms with Crippen molar-refractivity contribution >= 4 is 39.4 Å². The average molecular weight is 317 g/mol. The van der Waals surface area contributed by atoms with E-state index in [4.69, 9.17) is 5.11 Å². The second kappa shape index (κ2) is 6.21. The van der Waals surface area contributed by atoms with Gasteiger partial charge in [-0.3, -0.25) is 9.59 Å². The molecule has 1 N–H and O–H groups in total. The van der Waals surface area contributed by atoms with Crippen LogP contribution in [-0.4, -0.2) is 27.9 Å². The first-order valence-corrected chi connectivity index (χ1v) is 7.16. The molecule has 5 heteroatoms. The summed E-state index contributed by atoms with van der Waals surface area (Å²) in [7, 11) is 0. The summed E-state index contributed by atoms with van der Waals surface area (Å²) >= 11 is 4.74. The molecule has 0 aliphatic heterocycles. The molecule has 1 unspecified atom stereocenters. The number of hydrogen-bond donors (Lipinski definition) is 1. The van der Waals surface area contributed by atoms with Gasteiger partial charge in [0.1, 0.15) is 0 Å². The Morgan fingerprint density at radius 1 is 1.47 bits per heavy atom. The molecule has 92 valence electrons. The molecule has 0 aliphatic carbocycles. The molecule has 0 radical (unpaired) electrons. The smallest absolute Gasteiger partial charge is 0.307 e. The van der Waals surface area contributed by atoms with Crippen LogP contribution in [0.5, 0.6) is 0 Å². The maximum Gasteiger partial charge on any atom is 0.307 e. The molecule has 0 heterocycles. The highest BCUT2D eigenvalue weighted by molar-refractivity contribution is 9.10. The molecule has 3 nitrogen and oxygen atoms in total. The third kappa shape index (κ3) is 3.85. The standard InChI is InChI=1S/C12H13BrO3S/c1-7(13)12(16)10-6-9(17-2)4-3-8(10)5-11(14)15/h3-4,6-7H,5H2,1-2H3,(H,14,15). The Morgan fingerprint density at radius 3 is 2.59 bits per heavy atom. The fourth-order valence-corrected chi connectivity index (χ4v) is 2.13. The van der Waals surface area contributed by atoms with Gasteiger partial charge in [0.15, 0.2) is 5.78 Å². The molecule has 0 amide bonds. The zero-order valence-corrected chi connectivity index (χ0v) is 12.0. The molecule has 0 spiro atoms. The molecule has 0 aliphatic rings. The normalized spacial score (nSPS) is 12.2. The van der Waals surface area contributed by atoms with Gasteiger partial charge in [-0.25, -0.2) is 0 Å². The Kier molecular flexibility index (Phi) is 5.21. The van der Waals surface area contributed by atoms with Crippen LogP contribution < -0.4 is 0 Å². The van der Waals surface area contributed by atoms with Crippen LogP contribution in [0.2, 0.25) is 0 Å². The summed E-state index contributed by atoms with van der Waals surface area (Å²) in [6, 6.07) is 5.30. The SMILES string of the molecule is CSc1ccc(CC(=O)O)c(C(=O)C(C)Br)c1. The van der Waals surface area contributed by atoms with Crippen molar-refractivity contribution in [1.82, 2.24) is 0 Å². The molecular weight excluding hydrogens is 304 g/mol. The van der Waals surface area contributed by atoms with Crippen LogP contribution in [0.3, 0.4) is 0 Å². The zero-order valence-electron chi connectivity index (χ0n) is 9.57. The zero-order chi connectivity index (χ0) is 13.0. The number of alkyl halides is 1. The molecule has 0 bridgehead atoms. The lowest BCUT2D eigenvalue weighted by molar-refractivity contribution is -0.136. The molecule has 0 fully saturated rings. The highest BCUT2D eigenvalue weighted by Gasteiger charge is 2.18. The van der Waals surface area contributed by atoms with Gasteiger partial charge < -0.3 is 5.11 Å². The number of benzene rings is 1. The van der Waals surface area contributed by atoms with Crippen LogP contribution in [0.4, 0.5) is 0 Å². The Balaban J connectivity index is 3.20. The Hall–Kier alpha value is -0.810. The number of carbonyl (C=O) groups is 2. The molecule has 1 aromatic rings. The third-order valence-electron chi connectivity index (χ3n) is 2.29. The van der Waals surface area contributed by atoms with Crippen molar-refractivity contribution in [3.05, 3.63) is 29.3 Å². The summed E-state index contributed by atoms with van der Waals surface area (Å²) in [5.41, 5.74) is 1.05. The highest BCUT2D eigenvalue weighted by atomic mass is 79.9. The van der Waals surface area contributed by atoms with E-state index in [9.17, 15) is 9.59 Å². The van der Waals surface area contributed by atoms with Gasteiger partial charge in [0, 0.05) is 10.5 Å². The van der Waals surface area contributed by atoms with Gasteiger partial charge in [-0.2, -0.15) is 0 Å². The first-order valence-electron chi connectivity index (χ1n) is 5.02. The van der Waals surface area contributed by atoms with Crippen LogP contribution in [0.1, 0.15) is 22.8 Å². The van der Waals surface area contributed by atoms with E-state index in [-0.39, 0.29) is 17.0 Å². The monoisotopic (exact) mass is 316 g/mol. The van der Waals surface area contributed by atoms with Gasteiger partial charge in [0.05, 0.1) is 11.2 Å². The highest BCUT2D eigenvalue weighted by Crippen LogP contribution is 2.22. The van der Waals surface area contributed by atoms with E-state index < -0.39 is 5.97 Å². The lowest BCUT2D eigenvalue weighted by Crippen LogP contribution is -2.14. The molecular formula is C12H13BrO3S. The third-order valence-corrected chi connectivity index (χ3v) is 3.43. The number of Topliss-reactive ketones (excluding diaryl/α,β-unsaturated/α-hetero) is 1. The molecule has 17 heavy (non-hydrogen) atoms. The fourth-order valence-electron chi connectivity index (χ4n) is 1.44. The molecule has 0 saturated heterocycles. The molecule has 0 aromatic heterocycles. The largest absolute Gasteiger partial charge is 0.481 e. The maximum absolute atomic E-state index is 12.0. The number of halogens is 1. The lowest BCUT2D eigenvalue weighted by Gasteiger charge is -2.10. The van der Waals surface area contributed by atoms with Crippen LogP contribution in [-0.2, 0) is 11.2 Å². The van der Waals surface area contributed by atoms with E-state index in [2.05, 4.69) is 15.9 Å². The van der Waals surface area contributed by atoms with Crippen LogP contribution >= 0.6 is 27.7 Å². The number of carboxylic acid groups (broad SMARTS) is 1. The van der Waals surface area contributed by atoms with Gasteiger partial charge in [-0.1, -0.05) is 22.0 Å². The fraction of sp³-hybridized carbons (Fsp3) is 0.333. The minimum Gasteiger partial charge on any atom is -0.481 e. The predicted molar refractivity (Wildman–Crippen MR) is 72.3 cm³/mol. The van der Waals surface area contributed by atoms with E-state index in [1.54, 1.807) is 19.1 Å². The molecule has 1 aromatic carbocycles. The summed E-state index contributed by atoms with van der Waals surface area (Å²) in [6.07, 6.45) is 1.79. The number of carboxylic acids is 1. The number of thioether (sulfide) groups is 1. The van der Waals surface area contributed by atoms with E-state index in [1.165, 1.54) is 11.8 Å². The quantitative estimate of drug-likeness (QED) is 0.515. The minimum atomic E-state index is -0.932. The second-order valence-electron chi connectivity index (χ2n) is 3.57. The predicted octanol–water partition coefficient (Wildman–Crippen LogP) is 3.00. The topological polar surface area (TPSA) is 54.4 Å². The number of rotatable bonds is 5. The maximum atomic E-state index is 12.0. The van der Waals surface area contributed by atoms with E-state index in [1.807, 2.05) is 12.3 Å². The Bertz CT molecular complexity index is 443. The van der Waals surface area contributed by atoms with Gasteiger partial charge in [0.2, 0.25) is 0 Å². The van der Waals surface area contributed by atoms with Crippen LogP contribution in [0.25, 0.3) is 0 Å². The summed E-state index contributed by atoms with van der Waals surface area (Å²) in [4.78, 5) is 23.3. The van der Waals surface area contributed by atoms with Gasteiger partial charge in [0.25, 0.3) is 0 Å². The lowest BCUT2D eigenvalue weighted by atomic mass is 10.00. The first-order chi connectivity index (χ1) is 7.95. The number of carbonyl (C=O) groups excluding carboxylic acids is 1. The molecule has 1 rings (SSSR count). The molecule has 1 atom stereocenters. The summed E-state index contributed by atoms with van der Waals surface area (Å²) < 4.78 is 0. The van der Waals surface area contributed by atoms with Crippen molar-refractivity contribution in [1.29, 1.82) is 0 Å². The molecule has 0 saturated carbocycles. The minimum absolute atomic E-state index is 0.0860. The van der Waals surface area contributed by atoms with Gasteiger partial charge >= 0.3 is 5.97 Å². The van der Waals surface area contributed by atoms with Gasteiger partial charge in [-0.05, 0) is 30.9 Å². The first kappa shape index (κ1) is 14.3. The summed E-state index contributed by atoms with van der Waals surface area (Å²) in [5.74, 6) is -1.02. The second-order valence-corrected chi connectivity index (χ2v) is 5.83. The average Bonchev–Trinajstić information content (AvgIpc) is 2.27. The van der Waals surface area contributed by atoms with Crippen molar-refractivity contribution < 1.29 is 14.7 Å². The van der Waals surface area contributed by atoms with Crippen molar-refractivity contribution in [3.8, 4) is 0 Å². The van der Waals surface area contributed by atoms with Crippen molar-refractivity contribution in [3.63, 3.8) is 0 Å². The number of aliphatic carboxylic acids is 1. The van der Waals surface area contributed by atoms with E-state index in [0.717, 1.165) is 4.90 Å². The van der Waals surface area contributed by atoms with E-state index in [0.29, 0.717) is 11.1 Å². The Morgan fingerprint density at radius 2 is 2.12 bits per heavy atom. The summed E-state index contributed by atoms with van der Waals surface area (Å²) in [6.45, 7) is 1.73. The van der Waals surface area contributed by atoms with E-state index >= 15 is 0 Å².